The minimum atomic E-state index is -0.797. The maximum absolute atomic E-state index is 10.6. The van der Waals surface area contributed by atoms with Crippen LogP contribution in [0.1, 0.15) is 17.7 Å². The fraction of sp³-hybridized carbons (Fsp3) is 0.231. The average molecular weight is 230 g/mol. The summed E-state index contributed by atoms with van der Waals surface area (Å²) < 4.78 is 0. The summed E-state index contributed by atoms with van der Waals surface area (Å²) in [5.74, 6) is -0.797. The molecule has 0 unspecified atom stereocenters. The molecule has 0 aliphatic heterocycles. The SMILES string of the molecule is Cc1ccc(-c2cn[nH]c2CCC(=O)O)cc1. The molecule has 0 aliphatic rings. The molecule has 4 heteroatoms. The minimum Gasteiger partial charge on any atom is -0.481 e. The number of carboxylic acid groups (broad SMARTS) is 1. The van der Waals surface area contributed by atoms with Gasteiger partial charge in [-0.25, -0.2) is 0 Å². The number of carbonyl (C=O) groups is 1. The predicted molar refractivity (Wildman–Crippen MR) is 64.7 cm³/mol. The highest BCUT2D eigenvalue weighted by Crippen LogP contribution is 2.23. The van der Waals surface area contributed by atoms with Crippen LogP contribution in [0, 0.1) is 6.92 Å². The van der Waals surface area contributed by atoms with Crippen LogP contribution in [0.2, 0.25) is 0 Å². The third-order valence-electron chi connectivity index (χ3n) is 2.67. The fourth-order valence-electron chi connectivity index (χ4n) is 1.72. The lowest BCUT2D eigenvalue weighted by Gasteiger charge is -2.02. The summed E-state index contributed by atoms with van der Waals surface area (Å²) in [6.45, 7) is 2.03. The third kappa shape index (κ3) is 2.72. The van der Waals surface area contributed by atoms with E-state index in [1.54, 1.807) is 6.20 Å². The van der Waals surface area contributed by atoms with Crippen molar-refractivity contribution in [3.05, 3.63) is 41.7 Å². The zero-order valence-electron chi connectivity index (χ0n) is 9.60. The van der Waals surface area contributed by atoms with Gasteiger partial charge in [-0.1, -0.05) is 29.8 Å². The Balaban J connectivity index is 2.24. The lowest BCUT2D eigenvalue weighted by atomic mass is 10.0. The molecule has 0 saturated carbocycles. The van der Waals surface area contributed by atoms with Crippen LogP contribution in [-0.2, 0) is 11.2 Å². The summed E-state index contributed by atoms with van der Waals surface area (Å²) in [6.07, 6.45) is 2.32. The number of carboxylic acids is 1. The quantitative estimate of drug-likeness (QED) is 0.847. The zero-order chi connectivity index (χ0) is 12.3. The second-order valence-electron chi connectivity index (χ2n) is 4.02. The molecular weight excluding hydrogens is 216 g/mol. The molecule has 88 valence electrons. The van der Waals surface area contributed by atoms with Crippen LogP contribution in [-0.4, -0.2) is 21.3 Å². The van der Waals surface area contributed by atoms with E-state index in [-0.39, 0.29) is 6.42 Å². The van der Waals surface area contributed by atoms with E-state index in [4.69, 9.17) is 5.11 Å². The van der Waals surface area contributed by atoms with Gasteiger partial charge in [0.1, 0.15) is 0 Å². The highest BCUT2D eigenvalue weighted by molar-refractivity contribution is 5.69. The number of nitrogens with one attached hydrogen (secondary N) is 1. The number of benzene rings is 1. The maximum atomic E-state index is 10.6. The first-order chi connectivity index (χ1) is 8.16. The predicted octanol–water partition coefficient (Wildman–Crippen LogP) is 2.40. The molecule has 0 aliphatic carbocycles. The van der Waals surface area contributed by atoms with Crippen molar-refractivity contribution in [3.8, 4) is 11.1 Å². The van der Waals surface area contributed by atoms with Crippen LogP contribution < -0.4 is 0 Å². The smallest absolute Gasteiger partial charge is 0.303 e. The van der Waals surface area contributed by atoms with Crippen LogP contribution in [0.5, 0.6) is 0 Å². The molecule has 2 rings (SSSR count). The van der Waals surface area contributed by atoms with Crippen molar-refractivity contribution >= 4 is 5.97 Å². The summed E-state index contributed by atoms with van der Waals surface area (Å²) in [5, 5.41) is 15.5. The van der Waals surface area contributed by atoms with Crippen molar-refractivity contribution in [2.45, 2.75) is 19.8 Å². The van der Waals surface area contributed by atoms with E-state index in [0.717, 1.165) is 16.8 Å². The molecule has 0 atom stereocenters. The number of aromatic nitrogens is 2. The molecule has 0 bridgehead atoms. The first-order valence-electron chi connectivity index (χ1n) is 5.48. The van der Waals surface area contributed by atoms with Gasteiger partial charge < -0.3 is 5.11 Å². The van der Waals surface area contributed by atoms with Gasteiger partial charge in [-0.05, 0) is 12.5 Å². The Kier molecular flexibility index (Phi) is 3.23. The van der Waals surface area contributed by atoms with E-state index >= 15 is 0 Å². The largest absolute Gasteiger partial charge is 0.481 e. The van der Waals surface area contributed by atoms with E-state index in [1.165, 1.54) is 5.56 Å². The van der Waals surface area contributed by atoms with Gasteiger partial charge in [-0.3, -0.25) is 9.89 Å². The van der Waals surface area contributed by atoms with Crippen LogP contribution in [0.4, 0.5) is 0 Å². The van der Waals surface area contributed by atoms with E-state index in [1.807, 2.05) is 31.2 Å². The number of hydrogen-bond donors (Lipinski definition) is 2. The molecule has 0 radical (unpaired) electrons. The Hall–Kier alpha value is -2.10. The lowest BCUT2D eigenvalue weighted by molar-refractivity contribution is -0.136. The summed E-state index contributed by atoms with van der Waals surface area (Å²) in [4.78, 5) is 10.6. The van der Waals surface area contributed by atoms with Gasteiger partial charge in [0.25, 0.3) is 0 Å². The number of nitrogens with zero attached hydrogens (tertiary/aromatic N) is 1. The highest BCUT2D eigenvalue weighted by atomic mass is 16.4. The van der Waals surface area contributed by atoms with Crippen LogP contribution in [0.15, 0.2) is 30.5 Å². The molecule has 0 fully saturated rings. The standard InChI is InChI=1S/C13H14N2O2/c1-9-2-4-10(5-3-9)11-8-14-15-12(11)6-7-13(16)17/h2-5,8H,6-7H2,1H3,(H,14,15)(H,16,17). The van der Waals surface area contributed by atoms with Crippen molar-refractivity contribution in [1.82, 2.24) is 10.2 Å². The van der Waals surface area contributed by atoms with Crippen LogP contribution in [0.3, 0.4) is 0 Å². The molecule has 1 heterocycles. The summed E-state index contributed by atoms with van der Waals surface area (Å²) in [6, 6.07) is 8.10. The Labute approximate surface area is 99.3 Å². The van der Waals surface area contributed by atoms with Crippen molar-refractivity contribution in [1.29, 1.82) is 0 Å². The van der Waals surface area contributed by atoms with Gasteiger partial charge in [-0.2, -0.15) is 5.10 Å². The number of hydrogen-bond acceptors (Lipinski definition) is 2. The third-order valence-corrected chi connectivity index (χ3v) is 2.67. The normalized spacial score (nSPS) is 10.4. The Bertz CT molecular complexity index is 514. The second kappa shape index (κ2) is 4.82. The molecule has 1 aromatic carbocycles. The van der Waals surface area contributed by atoms with E-state index < -0.39 is 5.97 Å². The van der Waals surface area contributed by atoms with Gasteiger partial charge in [0, 0.05) is 17.7 Å². The lowest BCUT2D eigenvalue weighted by Crippen LogP contribution is -1.98. The first kappa shape index (κ1) is 11.4. The van der Waals surface area contributed by atoms with Crippen LogP contribution >= 0.6 is 0 Å². The van der Waals surface area contributed by atoms with Crippen LogP contribution in [0.25, 0.3) is 11.1 Å². The summed E-state index contributed by atoms with van der Waals surface area (Å²) >= 11 is 0. The number of rotatable bonds is 4. The van der Waals surface area contributed by atoms with Gasteiger partial charge >= 0.3 is 5.97 Å². The van der Waals surface area contributed by atoms with Gasteiger partial charge in [-0.15, -0.1) is 0 Å². The van der Waals surface area contributed by atoms with Gasteiger partial charge in [0.05, 0.1) is 12.6 Å². The van der Waals surface area contributed by atoms with Crippen molar-refractivity contribution in [2.75, 3.05) is 0 Å². The molecule has 0 saturated heterocycles. The highest BCUT2D eigenvalue weighted by Gasteiger charge is 2.08. The van der Waals surface area contributed by atoms with E-state index in [2.05, 4.69) is 10.2 Å². The molecule has 17 heavy (non-hydrogen) atoms. The van der Waals surface area contributed by atoms with E-state index in [0.29, 0.717) is 6.42 Å². The number of aromatic amines is 1. The molecule has 4 nitrogen and oxygen atoms in total. The Morgan fingerprint density at radius 3 is 2.71 bits per heavy atom. The summed E-state index contributed by atoms with van der Waals surface area (Å²) in [7, 11) is 0. The molecule has 2 N–H and O–H groups in total. The average Bonchev–Trinajstić information content (AvgIpc) is 2.75. The number of aryl methyl sites for hydroxylation is 2. The number of H-pyrrole nitrogens is 1. The minimum absolute atomic E-state index is 0.112. The van der Waals surface area contributed by atoms with Gasteiger partial charge in [0.15, 0.2) is 0 Å². The zero-order valence-corrected chi connectivity index (χ0v) is 9.60. The Morgan fingerprint density at radius 1 is 1.35 bits per heavy atom. The second-order valence-corrected chi connectivity index (χ2v) is 4.02. The monoisotopic (exact) mass is 230 g/mol. The molecule has 1 aromatic heterocycles. The first-order valence-corrected chi connectivity index (χ1v) is 5.48. The molecule has 0 amide bonds. The topological polar surface area (TPSA) is 66.0 Å². The molecule has 0 spiro atoms. The fourth-order valence-corrected chi connectivity index (χ4v) is 1.72. The summed E-state index contributed by atoms with van der Waals surface area (Å²) in [5.41, 5.74) is 4.11. The van der Waals surface area contributed by atoms with Crippen molar-refractivity contribution in [2.24, 2.45) is 0 Å². The van der Waals surface area contributed by atoms with Crippen molar-refractivity contribution in [3.63, 3.8) is 0 Å². The van der Waals surface area contributed by atoms with Gasteiger partial charge in [0.2, 0.25) is 0 Å². The molecule has 2 aromatic rings. The maximum Gasteiger partial charge on any atom is 0.303 e. The van der Waals surface area contributed by atoms with Crippen molar-refractivity contribution < 1.29 is 9.90 Å². The van der Waals surface area contributed by atoms with E-state index in [9.17, 15) is 4.79 Å². The Morgan fingerprint density at radius 2 is 2.06 bits per heavy atom. The number of aliphatic carboxylic acids is 1. The molecular formula is C13H14N2O2.